The molecule has 0 saturated carbocycles. The standard InChI is InChI=1S/C14H14ClF3O4/c1-8-3-4-11(10(15)7-8)22-13(20)6-5-12(19)21-9(2)14(16,17)18/h3-4,7,9H,5-6H2,1-2H3. The van der Waals surface area contributed by atoms with Crippen LogP contribution in [-0.4, -0.2) is 24.2 Å². The third-order valence-corrected chi connectivity index (χ3v) is 2.91. The first kappa shape index (κ1) is 18.3. The van der Waals surface area contributed by atoms with Gasteiger partial charge in [0.15, 0.2) is 6.10 Å². The van der Waals surface area contributed by atoms with Crippen molar-refractivity contribution in [3.63, 3.8) is 0 Å². The van der Waals surface area contributed by atoms with Crippen molar-refractivity contribution in [1.82, 2.24) is 0 Å². The van der Waals surface area contributed by atoms with Crippen LogP contribution >= 0.6 is 11.6 Å². The van der Waals surface area contributed by atoms with Crippen LogP contribution in [0, 0.1) is 6.92 Å². The van der Waals surface area contributed by atoms with Crippen molar-refractivity contribution < 1.29 is 32.2 Å². The Labute approximate surface area is 130 Å². The summed E-state index contributed by atoms with van der Waals surface area (Å²) >= 11 is 5.86. The summed E-state index contributed by atoms with van der Waals surface area (Å²) in [5.74, 6) is -1.80. The summed E-state index contributed by atoms with van der Waals surface area (Å²) in [4.78, 5) is 22.7. The minimum absolute atomic E-state index is 0.120. The highest BCUT2D eigenvalue weighted by Crippen LogP contribution is 2.26. The van der Waals surface area contributed by atoms with E-state index in [0.29, 0.717) is 6.92 Å². The molecule has 0 spiro atoms. The van der Waals surface area contributed by atoms with Crippen molar-refractivity contribution in [2.75, 3.05) is 0 Å². The fraction of sp³-hybridized carbons (Fsp3) is 0.429. The first-order valence-corrected chi connectivity index (χ1v) is 6.70. The van der Waals surface area contributed by atoms with Crippen LogP contribution in [0.3, 0.4) is 0 Å². The summed E-state index contributed by atoms with van der Waals surface area (Å²) in [6.07, 6.45) is -7.77. The highest BCUT2D eigenvalue weighted by molar-refractivity contribution is 6.32. The molecule has 1 unspecified atom stereocenters. The van der Waals surface area contributed by atoms with Crippen LogP contribution < -0.4 is 4.74 Å². The van der Waals surface area contributed by atoms with Crippen LogP contribution in [-0.2, 0) is 14.3 Å². The molecule has 0 aromatic heterocycles. The molecule has 0 aliphatic carbocycles. The third kappa shape index (κ3) is 5.93. The fourth-order valence-electron chi connectivity index (χ4n) is 1.39. The van der Waals surface area contributed by atoms with Gasteiger partial charge in [-0.15, -0.1) is 0 Å². The second-order valence-electron chi connectivity index (χ2n) is 4.58. The first-order valence-electron chi connectivity index (χ1n) is 6.32. The zero-order valence-electron chi connectivity index (χ0n) is 11.9. The van der Waals surface area contributed by atoms with E-state index < -0.39 is 37.1 Å². The van der Waals surface area contributed by atoms with Crippen molar-refractivity contribution in [2.24, 2.45) is 0 Å². The van der Waals surface area contributed by atoms with Gasteiger partial charge in [-0.1, -0.05) is 17.7 Å². The maximum absolute atomic E-state index is 12.2. The molecule has 0 aliphatic heterocycles. The second-order valence-corrected chi connectivity index (χ2v) is 4.99. The molecule has 1 aromatic carbocycles. The molecule has 0 aliphatic rings. The molecule has 8 heteroatoms. The molecular weight excluding hydrogens is 325 g/mol. The van der Waals surface area contributed by atoms with Crippen LogP contribution in [0.1, 0.15) is 25.3 Å². The fourth-order valence-corrected chi connectivity index (χ4v) is 1.66. The maximum Gasteiger partial charge on any atom is 0.425 e. The SMILES string of the molecule is Cc1ccc(OC(=O)CCC(=O)OC(C)C(F)(F)F)c(Cl)c1. The van der Waals surface area contributed by atoms with Crippen LogP contribution in [0.2, 0.25) is 5.02 Å². The van der Waals surface area contributed by atoms with Crippen LogP contribution in [0.4, 0.5) is 13.2 Å². The van der Waals surface area contributed by atoms with Gasteiger partial charge in [0.2, 0.25) is 0 Å². The molecule has 0 amide bonds. The smallest absolute Gasteiger partial charge is 0.425 e. The molecule has 1 aromatic rings. The molecule has 1 rings (SSSR count). The van der Waals surface area contributed by atoms with Gasteiger partial charge in [0.05, 0.1) is 17.9 Å². The Kier molecular flexibility index (Phi) is 6.22. The monoisotopic (exact) mass is 338 g/mol. The maximum atomic E-state index is 12.2. The van der Waals surface area contributed by atoms with E-state index >= 15 is 0 Å². The lowest BCUT2D eigenvalue weighted by molar-refractivity contribution is -0.216. The van der Waals surface area contributed by atoms with E-state index in [1.165, 1.54) is 6.07 Å². The number of rotatable bonds is 5. The Morgan fingerprint density at radius 2 is 1.82 bits per heavy atom. The van der Waals surface area contributed by atoms with E-state index in [-0.39, 0.29) is 10.8 Å². The van der Waals surface area contributed by atoms with Crippen LogP contribution in [0.25, 0.3) is 0 Å². The van der Waals surface area contributed by atoms with Gasteiger partial charge in [0.25, 0.3) is 0 Å². The molecule has 22 heavy (non-hydrogen) atoms. The van der Waals surface area contributed by atoms with Crippen molar-refractivity contribution in [1.29, 1.82) is 0 Å². The summed E-state index contributed by atoms with van der Waals surface area (Å²) in [5, 5.41) is 0.224. The topological polar surface area (TPSA) is 52.6 Å². The van der Waals surface area contributed by atoms with Crippen LogP contribution in [0.15, 0.2) is 18.2 Å². The van der Waals surface area contributed by atoms with Gasteiger partial charge < -0.3 is 9.47 Å². The van der Waals surface area contributed by atoms with E-state index in [9.17, 15) is 22.8 Å². The van der Waals surface area contributed by atoms with E-state index in [1.54, 1.807) is 19.1 Å². The summed E-state index contributed by atoms with van der Waals surface area (Å²) in [5.41, 5.74) is 0.870. The van der Waals surface area contributed by atoms with Crippen molar-refractivity contribution in [2.45, 2.75) is 39.0 Å². The number of carbonyl (C=O) groups excluding carboxylic acids is 2. The van der Waals surface area contributed by atoms with E-state index in [4.69, 9.17) is 16.3 Å². The normalized spacial score (nSPS) is 12.6. The van der Waals surface area contributed by atoms with Gasteiger partial charge in [0.1, 0.15) is 5.75 Å². The number of alkyl halides is 3. The van der Waals surface area contributed by atoms with Gasteiger partial charge in [0, 0.05) is 0 Å². The Morgan fingerprint density at radius 1 is 1.23 bits per heavy atom. The lowest BCUT2D eigenvalue weighted by Crippen LogP contribution is -2.31. The van der Waals surface area contributed by atoms with Crippen molar-refractivity contribution >= 4 is 23.5 Å². The Morgan fingerprint density at radius 3 is 2.36 bits per heavy atom. The molecule has 1 atom stereocenters. The first-order chi connectivity index (χ1) is 10.1. The molecular formula is C14H14ClF3O4. The van der Waals surface area contributed by atoms with Gasteiger partial charge in [-0.3, -0.25) is 9.59 Å². The number of halogens is 4. The summed E-state index contributed by atoms with van der Waals surface area (Å²) in [6.45, 7) is 2.51. The molecule has 0 saturated heterocycles. The number of carbonyl (C=O) groups is 2. The van der Waals surface area contributed by atoms with Crippen molar-refractivity contribution in [3.8, 4) is 5.75 Å². The molecule has 0 bridgehead atoms. The Bertz CT molecular complexity index is 558. The number of hydrogen-bond donors (Lipinski definition) is 0. The highest BCUT2D eigenvalue weighted by atomic mass is 35.5. The predicted octanol–water partition coefficient (Wildman–Crippen LogP) is 3.83. The van der Waals surface area contributed by atoms with Crippen LogP contribution in [0.5, 0.6) is 5.75 Å². The molecule has 0 fully saturated rings. The van der Waals surface area contributed by atoms with E-state index in [0.717, 1.165) is 5.56 Å². The second kappa shape index (κ2) is 7.49. The van der Waals surface area contributed by atoms with Crippen molar-refractivity contribution in [3.05, 3.63) is 28.8 Å². The van der Waals surface area contributed by atoms with Gasteiger partial charge >= 0.3 is 18.1 Å². The van der Waals surface area contributed by atoms with E-state index in [1.807, 2.05) is 0 Å². The molecule has 4 nitrogen and oxygen atoms in total. The largest absolute Gasteiger partial charge is 0.453 e. The van der Waals surface area contributed by atoms with Gasteiger partial charge in [-0.25, -0.2) is 0 Å². The lowest BCUT2D eigenvalue weighted by Gasteiger charge is -2.16. The van der Waals surface area contributed by atoms with Gasteiger partial charge in [-0.2, -0.15) is 13.2 Å². The quantitative estimate of drug-likeness (QED) is 0.605. The number of hydrogen-bond acceptors (Lipinski definition) is 4. The predicted molar refractivity (Wildman–Crippen MR) is 72.7 cm³/mol. The number of aryl methyl sites for hydroxylation is 1. The minimum Gasteiger partial charge on any atom is -0.453 e. The Hall–Kier alpha value is -1.76. The Balaban J connectivity index is 2.44. The molecule has 0 heterocycles. The zero-order chi connectivity index (χ0) is 16.9. The lowest BCUT2D eigenvalue weighted by atomic mass is 10.2. The average Bonchev–Trinajstić information content (AvgIpc) is 2.38. The summed E-state index contributed by atoms with van der Waals surface area (Å²) in [6, 6.07) is 4.75. The third-order valence-electron chi connectivity index (χ3n) is 2.61. The molecule has 0 radical (unpaired) electrons. The highest BCUT2D eigenvalue weighted by Gasteiger charge is 2.39. The number of esters is 2. The minimum atomic E-state index is -4.63. The molecule has 0 N–H and O–H groups in total. The average molecular weight is 339 g/mol. The summed E-state index contributed by atoms with van der Waals surface area (Å²) in [7, 11) is 0. The summed E-state index contributed by atoms with van der Waals surface area (Å²) < 4.78 is 45.6. The number of benzene rings is 1. The zero-order valence-corrected chi connectivity index (χ0v) is 12.6. The molecule has 122 valence electrons. The van der Waals surface area contributed by atoms with E-state index in [2.05, 4.69) is 4.74 Å². The van der Waals surface area contributed by atoms with Gasteiger partial charge in [-0.05, 0) is 31.5 Å². The number of ether oxygens (including phenoxy) is 2.